The SMILES string of the molecule is O=c1cc(O)n(-c2cccc(S(=O)(=O)O)c2S(=O)(=O)O)c(=O)n1-c1cccc(S(=O)(=O)O)c1S(=O)(=O)O. The van der Waals surface area contributed by atoms with Crippen molar-refractivity contribution in [2.45, 2.75) is 19.6 Å². The molecule has 0 saturated carbocycles. The van der Waals surface area contributed by atoms with Gasteiger partial charge in [-0.05, 0) is 24.3 Å². The predicted octanol–water partition coefficient (Wildman–Crippen LogP) is -1.32. The lowest BCUT2D eigenvalue weighted by molar-refractivity contribution is 0.424. The van der Waals surface area contributed by atoms with Crippen molar-refractivity contribution < 1.29 is 57.0 Å². The lowest BCUT2D eigenvalue weighted by atomic mass is 10.3. The van der Waals surface area contributed by atoms with Gasteiger partial charge in [0, 0.05) is 0 Å². The molecular weight excluding hydrogens is 588 g/mol. The van der Waals surface area contributed by atoms with Crippen LogP contribution in [0.5, 0.6) is 5.88 Å². The summed E-state index contributed by atoms with van der Waals surface area (Å²) in [6, 6.07) is 3.87. The van der Waals surface area contributed by atoms with Crippen molar-refractivity contribution in [1.82, 2.24) is 9.13 Å². The third kappa shape index (κ3) is 5.19. The van der Waals surface area contributed by atoms with E-state index in [-0.39, 0.29) is 15.2 Å². The molecule has 0 amide bonds. The van der Waals surface area contributed by atoms with Crippen LogP contribution in [0, 0.1) is 0 Å². The van der Waals surface area contributed by atoms with Crippen molar-refractivity contribution in [2.24, 2.45) is 0 Å². The first-order valence-electron chi connectivity index (χ1n) is 8.92. The molecule has 0 unspecified atom stereocenters. The van der Waals surface area contributed by atoms with Crippen LogP contribution in [0.4, 0.5) is 0 Å². The Morgan fingerprint density at radius 2 is 0.946 bits per heavy atom. The van der Waals surface area contributed by atoms with Gasteiger partial charge in [0.2, 0.25) is 5.88 Å². The van der Waals surface area contributed by atoms with Gasteiger partial charge >= 0.3 is 5.69 Å². The molecule has 0 aliphatic heterocycles. The maximum absolute atomic E-state index is 13.3. The van der Waals surface area contributed by atoms with Gasteiger partial charge in [-0.3, -0.25) is 23.0 Å². The average Bonchev–Trinajstić information content (AvgIpc) is 2.70. The van der Waals surface area contributed by atoms with Crippen LogP contribution in [-0.4, -0.2) is 66.1 Å². The van der Waals surface area contributed by atoms with Crippen molar-refractivity contribution in [3.8, 4) is 17.3 Å². The van der Waals surface area contributed by atoms with Crippen LogP contribution >= 0.6 is 0 Å². The van der Waals surface area contributed by atoms with Crippen molar-refractivity contribution in [2.75, 3.05) is 0 Å². The van der Waals surface area contributed by atoms with Crippen molar-refractivity contribution in [3.05, 3.63) is 63.3 Å². The van der Waals surface area contributed by atoms with Gasteiger partial charge in [-0.2, -0.15) is 33.7 Å². The van der Waals surface area contributed by atoms with Crippen LogP contribution in [-0.2, 0) is 40.5 Å². The summed E-state index contributed by atoms with van der Waals surface area (Å²) in [6.45, 7) is 0. The lowest BCUT2D eigenvalue weighted by Crippen LogP contribution is -2.38. The Hall–Kier alpha value is -3.44. The number of hydrogen-bond donors (Lipinski definition) is 5. The highest BCUT2D eigenvalue weighted by atomic mass is 32.2. The molecule has 0 spiro atoms. The molecule has 37 heavy (non-hydrogen) atoms. The van der Waals surface area contributed by atoms with Gasteiger partial charge in [0.05, 0.1) is 17.4 Å². The molecule has 1 aromatic heterocycles. The van der Waals surface area contributed by atoms with E-state index >= 15 is 0 Å². The van der Waals surface area contributed by atoms with E-state index < -0.39 is 88.6 Å². The molecule has 17 nitrogen and oxygen atoms in total. The minimum Gasteiger partial charge on any atom is -0.494 e. The second kappa shape index (κ2) is 8.84. The van der Waals surface area contributed by atoms with Crippen LogP contribution in [0.2, 0.25) is 0 Å². The van der Waals surface area contributed by atoms with E-state index in [1.165, 1.54) is 0 Å². The zero-order chi connectivity index (χ0) is 28.3. The standard InChI is InChI=1S/C16H12N2O15S4/c19-12-7-13(20)18(9-4-2-6-11(35(25,26)27)15(9)37(31,32)33)16(21)17(12)8-3-1-5-10(34(22,23)24)14(8)36(28,29)30/h1-7,19H,(H,22,23,24)(H,25,26,27)(H,28,29,30)(H,31,32,33). The number of rotatable bonds is 6. The predicted molar refractivity (Wildman–Crippen MR) is 119 cm³/mol. The highest BCUT2D eigenvalue weighted by Crippen LogP contribution is 2.30. The van der Waals surface area contributed by atoms with Gasteiger partial charge in [-0.1, -0.05) is 12.1 Å². The molecule has 3 aromatic rings. The number of benzene rings is 2. The van der Waals surface area contributed by atoms with E-state index in [4.69, 9.17) is 0 Å². The Labute approximate surface area is 206 Å². The highest BCUT2D eigenvalue weighted by Gasteiger charge is 2.32. The van der Waals surface area contributed by atoms with Gasteiger partial charge in [-0.15, -0.1) is 0 Å². The fourth-order valence-corrected chi connectivity index (χ4v) is 7.20. The Bertz CT molecular complexity index is 2020. The molecule has 0 aliphatic rings. The third-order valence-corrected chi connectivity index (χ3v) is 8.49. The Kier molecular flexibility index (Phi) is 6.72. The van der Waals surface area contributed by atoms with Gasteiger partial charge in [-0.25, -0.2) is 13.9 Å². The summed E-state index contributed by atoms with van der Waals surface area (Å²) in [4.78, 5) is 19.6. The number of hydrogen-bond acceptors (Lipinski definition) is 11. The summed E-state index contributed by atoms with van der Waals surface area (Å²) in [6.07, 6.45) is 0. The fourth-order valence-electron chi connectivity index (χ4n) is 3.27. The monoisotopic (exact) mass is 600 g/mol. The number of aromatic nitrogens is 2. The molecule has 0 atom stereocenters. The van der Waals surface area contributed by atoms with Crippen molar-refractivity contribution in [3.63, 3.8) is 0 Å². The highest BCUT2D eigenvalue weighted by molar-refractivity contribution is 7.89. The molecule has 2 aromatic carbocycles. The summed E-state index contributed by atoms with van der Waals surface area (Å²) in [5.41, 5.74) is -5.86. The quantitative estimate of drug-likeness (QED) is 0.205. The van der Waals surface area contributed by atoms with E-state index in [1.54, 1.807) is 0 Å². The Morgan fingerprint density at radius 1 is 0.568 bits per heavy atom. The normalized spacial score (nSPS) is 13.0. The number of aromatic hydroxyl groups is 1. The van der Waals surface area contributed by atoms with Gasteiger partial charge < -0.3 is 5.11 Å². The zero-order valence-corrected chi connectivity index (χ0v) is 20.7. The maximum Gasteiger partial charge on any atom is 0.343 e. The lowest BCUT2D eigenvalue weighted by Gasteiger charge is -2.17. The molecular formula is C16H12N2O15S4. The van der Waals surface area contributed by atoms with Crippen LogP contribution in [0.15, 0.2) is 71.6 Å². The summed E-state index contributed by atoms with van der Waals surface area (Å²) in [5.74, 6) is -1.40. The fraction of sp³-hybridized carbons (Fsp3) is 0. The molecule has 200 valence electrons. The first-order chi connectivity index (χ1) is 16.7. The van der Waals surface area contributed by atoms with Crippen molar-refractivity contribution >= 4 is 40.5 Å². The van der Waals surface area contributed by atoms with E-state index in [1.807, 2.05) is 0 Å². The molecule has 0 radical (unpaired) electrons. The van der Waals surface area contributed by atoms with E-state index in [2.05, 4.69) is 0 Å². The second-order valence-corrected chi connectivity index (χ2v) is 12.4. The zero-order valence-electron chi connectivity index (χ0n) is 17.4. The summed E-state index contributed by atoms with van der Waals surface area (Å²) in [7, 11) is -22.1. The molecule has 3 rings (SSSR count). The minimum atomic E-state index is -5.63. The van der Waals surface area contributed by atoms with Gasteiger partial charge in [0.1, 0.15) is 19.6 Å². The smallest absolute Gasteiger partial charge is 0.343 e. The molecule has 0 aliphatic carbocycles. The number of nitrogens with zero attached hydrogens (tertiary/aromatic N) is 2. The minimum absolute atomic E-state index is 0.118. The van der Waals surface area contributed by atoms with E-state index in [0.717, 1.165) is 12.1 Å². The third-order valence-electron chi connectivity index (χ3n) is 4.55. The molecule has 21 heteroatoms. The average molecular weight is 601 g/mol. The van der Waals surface area contributed by atoms with Gasteiger partial charge in [0.15, 0.2) is 0 Å². The topological polar surface area (TPSA) is 282 Å². The van der Waals surface area contributed by atoms with Gasteiger partial charge in [0.25, 0.3) is 46.0 Å². The molecule has 0 fully saturated rings. The first kappa shape index (κ1) is 28.1. The van der Waals surface area contributed by atoms with E-state index in [9.17, 15) is 66.6 Å². The summed E-state index contributed by atoms with van der Waals surface area (Å²) < 4.78 is 132. The Balaban J connectivity index is 2.64. The summed E-state index contributed by atoms with van der Waals surface area (Å²) >= 11 is 0. The van der Waals surface area contributed by atoms with Crippen molar-refractivity contribution in [1.29, 1.82) is 0 Å². The van der Waals surface area contributed by atoms with Crippen LogP contribution in [0.3, 0.4) is 0 Å². The molecule has 5 N–H and O–H groups in total. The van der Waals surface area contributed by atoms with E-state index in [0.29, 0.717) is 24.3 Å². The van der Waals surface area contributed by atoms with Crippen LogP contribution < -0.4 is 11.2 Å². The molecule has 1 heterocycles. The largest absolute Gasteiger partial charge is 0.494 e. The summed E-state index contributed by atoms with van der Waals surface area (Å²) in [5, 5.41) is 10.3. The van der Waals surface area contributed by atoms with Crippen LogP contribution in [0.1, 0.15) is 0 Å². The Morgan fingerprint density at radius 3 is 1.30 bits per heavy atom. The first-order valence-corrected chi connectivity index (χ1v) is 14.7. The second-order valence-electron chi connectivity index (χ2n) is 6.90. The molecule has 0 bridgehead atoms. The molecule has 0 saturated heterocycles. The van der Waals surface area contributed by atoms with Crippen LogP contribution in [0.25, 0.3) is 11.4 Å². The maximum atomic E-state index is 13.3.